The molecule has 1 heterocycles. The second-order valence-electron chi connectivity index (χ2n) is 6.36. The van der Waals surface area contributed by atoms with Crippen molar-refractivity contribution in [1.29, 1.82) is 0 Å². The monoisotopic (exact) mass is 347 g/mol. The van der Waals surface area contributed by atoms with Crippen molar-refractivity contribution in [1.82, 2.24) is 10.2 Å². The molecule has 0 saturated carbocycles. The molecule has 25 heavy (non-hydrogen) atoms. The van der Waals surface area contributed by atoms with E-state index in [1.54, 1.807) is 0 Å². The second-order valence-corrected chi connectivity index (χ2v) is 6.36. The standard InChI is InChI=1S/C19H29N3O3/c20-10-4-14-25-17-8-12-22(13-9-17)19(24)7-11-21-18(23)15-16-5-2-1-3-6-16/h1-3,5-6,17H,4,7-15,20H2,(H,21,23). The molecule has 0 bridgehead atoms. The van der Waals surface area contributed by atoms with Crippen molar-refractivity contribution in [2.45, 2.75) is 38.2 Å². The highest BCUT2D eigenvalue weighted by Crippen LogP contribution is 2.14. The van der Waals surface area contributed by atoms with Gasteiger partial charge in [-0.2, -0.15) is 0 Å². The highest BCUT2D eigenvalue weighted by Gasteiger charge is 2.22. The predicted octanol–water partition coefficient (Wildman–Crippen LogP) is 1.09. The molecule has 1 aromatic rings. The lowest BCUT2D eigenvalue weighted by molar-refractivity contribution is -0.133. The Kier molecular flexibility index (Phi) is 8.42. The van der Waals surface area contributed by atoms with Crippen LogP contribution in [0.15, 0.2) is 30.3 Å². The number of likely N-dealkylation sites (tertiary alicyclic amines) is 1. The SMILES string of the molecule is NCCCOC1CCN(C(=O)CCNC(=O)Cc2ccccc2)CC1. The quantitative estimate of drug-likeness (QED) is 0.655. The molecule has 0 unspecified atom stereocenters. The van der Waals surface area contributed by atoms with Crippen molar-refractivity contribution >= 4 is 11.8 Å². The third kappa shape index (κ3) is 7.23. The Morgan fingerprint density at radius 3 is 2.60 bits per heavy atom. The van der Waals surface area contributed by atoms with Crippen LogP contribution in [0.5, 0.6) is 0 Å². The van der Waals surface area contributed by atoms with Gasteiger partial charge < -0.3 is 20.7 Å². The third-order valence-electron chi connectivity index (χ3n) is 4.37. The third-order valence-corrected chi connectivity index (χ3v) is 4.37. The highest BCUT2D eigenvalue weighted by molar-refractivity contribution is 5.80. The van der Waals surface area contributed by atoms with E-state index < -0.39 is 0 Å². The van der Waals surface area contributed by atoms with E-state index in [2.05, 4.69) is 5.32 Å². The fraction of sp³-hybridized carbons (Fsp3) is 0.579. The molecule has 0 atom stereocenters. The van der Waals surface area contributed by atoms with E-state index in [0.717, 1.165) is 37.9 Å². The molecular formula is C19H29N3O3. The van der Waals surface area contributed by atoms with E-state index >= 15 is 0 Å². The number of hydrogen-bond donors (Lipinski definition) is 2. The number of piperidine rings is 1. The number of amides is 2. The van der Waals surface area contributed by atoms with Crippen LogP contribution in [0.4, 0.5) is 0 Å². The lowest BCUT2D eigenvalue weighted by Crippen LogP contribution is -2.42. The smallest absolute Gasteiger partial charge is 0.224 e. The average Bonchev–Trinajstić information content (AvgIpc) is 2.63. The van der Waals surface area contributed by atoms with Gasteiger partial charge in [0.2, 0.25) is 11.8 Å². The zero-order chi connectivity index (χ0) is 17.9. The number of nitrogens with zero attached hydrogens (tertiary/aromatic N) is 1. The van der Waals surface area contributed by atoms with Crippen LogP contribution in [0.1, 0.15) is 31.2 Å². The molecule has 138 valence electrons. The van der Waals surface area contributed by atoms with Crippen LogP contribution in [0.3, 0.4) is 0 Å². The number of benzene rings is 1. The maximum absolute atomic E-state index is 12.2. The molecule has 2 rings (SSSR count). The van der Waals surface area contributed by atoms with E-state index in [1.807, 2.05) is 35.2 Å². The first kappa shape index (κ1) is 19.4. The van der Waals surface area contributed by atoms with E-state index in [9.17, 15) is 9.59 Å². The van der Waals surface area contributed by atoms with Gasteiger partial charge in [0.1, 0.15) is 0 Å². The second kappa shape index (κ2) is 10.8. The van der Waals surface area contributed by atoms with Crippen LogP contribution in [0.25, 0.3) is 0 Å². The van der Waals surface area contributed by atoms with Gasteiger partial charge in [-0.05, 0) is 31.4 Å². The Morgan fingerprint density at radius 2 is 1.92 bits per heavy atom. The van der Waals surface area contributed by atoms with Crippen LogP contribution in [-0.2, 0) is 20.7 Å². The number of rotatable bonds is 9. The number of nitrogens with one attached hydrogen (secondary N) is 1. The van der Waals surface area contributed by atoms with Crippen molar-refractivity contribution in [3.05, 3.63) is 35.9 Å². The van der Waals surface area contributed by atoms with Gasteiger partial charge in [-0.25, -0.2) is 0 Å². The molecule has 3 N–H and O–H groups in total. The van der Waals surface area contributed by atoms with Crippen LogP contribution >= 0.6 is 0 Å². The van der Waals surface area contributed by atoms with Crippen LogP contribution < -0.4 is 11.1 Å². The topological polar surface area (TPSA) is 84.7 Å². The Hall–Kier alpha value is -1.92. The van der Waals surface area contributed by atoms with Crippen LogP contribution in [0, 0.1) is 0 Å². The molecule has 1 saturated heterocycles. The summed E-state index contributed by atoms with van der Waals surface area (Å²) >= 11 is 0. The first-order valence-corrected chi connectivity index (χ1v) is 9.09. The minimum Gasteiger partial charge on any atom is -0.378 e. The molecule has 0 aliphatic carbocycles. The van der Waals surface area contributed by atoms with Gasteiger partial charge in [0.05, 0.1) is 12.5 Å². The summed E-state index contributed by atoms with van der Waals surface area (Å²) in [5, 5.41) is 2.82. The van der Waals surface area contributed by atoms with Gasteiger partial charge in [-0.1, -0.05) is 30.3 Å². The zero-order valence-electron chi connectivity index (χ0n) is 14.8. The molecule has 2 amide bonds. The summed E-state index contributed by atoms with van der Waals surface area (Å²) in [6.45, 7) is 3.18. The van der Waals surface area contributed by atoms with Gasteiger partial charge in [-0.15, -0.1) is 0 Å². The Morgan fingerprint density at radius 1 is 1.20 bits per heavy atom. The molecule has 1 aliphatic heterocycles. The molecule has 0 aromatic heterocycles. The van der Waals surface area contributed by atoms with Gasteiger partial charge in [0.15, 0.2) is 0 Å². The van der Waals surface area contributed by atoms with Crippen molar-refractivity contribution < 1.29 is 14.3 Å². The highest BCUT2D eigenvalue weighted by atomic mass is 16.5. The number of ether oxygens (including phenoxy) is 1. The Bertz CT molecular complexity index is 528. The lowest BCUT2D eigenvalue weighted by atomic mass is 10.1. The number of nitrogens with two attached hydrogens (primary N) is 1. The zero-order valence-corrected chi connectivity index (χ0v) is 14.8. The minimum atomic E-state index is -0.0500. The average molecular weight is 347 g/mol. The summed E-state index contributed by atoms with van der Waals surface area (Å²) in [7, 11) is 0. The van der Waals surface area contributed by atoms with Crippen LogP contribution in [-0.4, -0.2) is 55.6 Å². The Labute approximate surface area is 149 Å². The van der Waals surface area contributed by atoms with Crippen molar-refractivity contribution in [3.8, 4) is 0 Å². The van der Waals surface area contributed by atoms with Gasteiger partial charge in [0.25, 0.3) is 0 Å². The van der Waals surface area contributed by atoms with E-state index in [1.165, 1.54) is 0 Å². The maximum Gasteiger partial charge on any atom is 0.224 e. The maximum atomic E-state index is 12.2. The minimum absolute atomic E-state index is 0.0500. The van der Waals surface area contributed by atoms with E-state index in [-0.39, 0.29) is 17.9 Å². The normalized spacial score (nSPS) is 15.2. The number of carbonyl (C=O) groups is 2. The largest absolute Gasteiger partial charge is 0.378 e. The summed E-state index contributed by atoms with van der Waals surface area (Å²) in [5.41, 5.74) is 6.43. The first-order chi connectivity index (χ1) is 12.2. The van der Waals surface area contributed by atoms with Crippen molar-refractivity contribution in [3.63, 3.8) is 0 Å². The molecule has 6 heteroatoms. The van der Waals surface area contributed by atoms with Crippen molar-refractivity contribution in [2.75, 3.05) is 32.8 Å². The van der Waals surface area contributed by atoms with E-state index in [4.69, 9.17) is 10.5 Å². The summed E-state index contributed by atoms with van der Waals surface area (Å²) in [5.74, 6) is 0.0476. The summed E-state index contributed by atoms with van der Waals surface area (Å²) in [6, 6.07) is 9.59. The predicted molar refractivity (Wildman–Crippen MR) is 97.0 cm³/mol. The fourth-order valence-corrected chi connectivity index (χ4v) is 2.92. The first-order valence-electron chi connectivity index (χ1n) is 9.09. The van der Waals surface area contributed by atoms with Gasteiger partial charge >= 0.3 is 0 Å². The molecule has 1 fully saturated rings. The fourth-order valence-electron chi connectivity index (χ4n) is 2.92. The summed E-state index contributed by atoms with van der Waals surface area (Å²) in [4.78, 5) is 26.0. The Balaban J connectivity index is 1.59. The lowest BCUT2D eigenvalue weighted by Gasteiger charge is -2.32. The molecule has 0 spiro atoms. The molecular weight excluding hydrogens is 318 g/mol. The van der Waals surface area contributed by atoms with Crippen LogP contribution in [0.2, 0.25) is 0 Å². The molecule has 1 aliphatic rings. The molecule has 6 nitrogen and oxygen atoms in total. The summed E-state index contributed by atoms with van der Waals surface area (Å²) < 4.78 is 5.75. The number of hydrogen-bond acceptors (Lipinski definition) is 4. The molecule has 1 aromatic carbocycles. The van der Waals surface area contributed by atoms with Gasteiger partial charge in [-0.3, -0.25) is 9.59 Å². The molecule has 0 radical (unpaired) electrons. The summed E-state index contributed by atoms with van der Waals surface area (Å²) in [6.07, 6.45) is 3.55. The van der Waals surface area contributed by atoms with Crippen molar-refractivity contribution in [2.24, 2.45) is 5.73 Å². The van der Waals surface area contributed by atoms with E-state index in [0.29, 0.717) is 32.5 Å². The van der Waals surface area contributed by atoms with Gasteiger partial charge in [0, 0.05) is 32.7 Å². The number of carbonyl (C=O) groups excluding carboxylic acids is 2.